The first-order chi connectivity index (χ1) is 17.3. The summed E-state index contributed by atoms with van der Waals surface area (Å²) in [5, 5.41) is 34.4. The standard InChI is InChI=1S/C29H24N2O5/c1-17-11-13-19(14-12-17)24-22(27(33)35-2)26(32)23(28(34)36-3)25(29(24,15-30)16-31)21-10-6-8-18-7-4-5-9-20(18)21/h4-14,22,24-25,32H,1-3H3/t22-,24-,25-/m0/s1. The number of rotatable bonds is 4. The summed E-state index contributed by atoms with van der Waals surface area (Å²) in [5.41, 5.74) is -0.378. The SMILES string of the molecule is COC(=O)C1=C(O)[C@@H](C(=O)OC)[C@H](c2ccc(C)cc2)C(C#N)(C#N)[C@H]1c1cccc2ccccc12. The van der Waals surface area contributed by atoms with Crippen LogP contribution in [0.15, 0.2) is 78.1 Å². The number of hydrogen-bond acceptors (Lipinski definition) is 7. The van der Waals surface area contributed by atoms with Crippen molar-refractivity contribution in [1.29, 1.82) is 10.5 Å². The van der Waals surface area contributed by atoms with Crippen LogP contribution in [0.1, 0.15) is 28.5 Å². The van der Waals surface area contributed by atoms with Gasteiger partial charge in [-0.15, -0.1) is 0 Å². The highest BCUT2D eigenvalue weighted by Gasteiger charge is 2.61. The fourth-order valence-corrected chi connectivity index (χ4v) is 5.28. The predicted octanol–water partition coefficient (Wildman–Crippen LogP) is 4.84. The molecule has 3 aromatic carbocycles. The Hall–Kier alpha value is -4.62. The van der Waals surface area contributed by atoms with Crippen LogP contribution in [-0.2, 0) is 19.1 Å². The molecule has 0 heterocycles. The molecule has 0 aliphatic heterocycles. The van der Waals surface area contributed by atoms with E-state index in [4.69, 9.17) is 9.47 Å². The fourth-order valence-electron chi connectivity index (χ4n) is 5.28. The quantitative estimate of drug-likeness (QED) is 0.531. The van der Waals surface area contributed by atoms with Crippen molar-refractivity contribution in [3.8, 4) is 12.1 Å². The van der Waals surface area contributed by atoms with E-state index in [1.165, 1.54) is 0 Å². The highest BCUT2D eigenvalue weighted by molar-refractivity contribution is 5.96. The summed E-state index contributed by atoms with van der Waals surface area (Å²) in [6, 6.07) is 24.1. The van der Waals surface area contributed by atoms with Gasteiger partial charge in [0.1, 0.15) is 11.7 Å². The van der Waals surface area contributed by atoms with E-state index in [9.17, 15) is 25.2 Å². The maximum atomic E-state index is 13.2. The summed E-state index contributed by atoms with van der Waals surface area (Å²) in [6.45, 7) is 1.88. The molecule has 0 spiro atoms. The van der Waals surface area contributed by atoms with Crippen LogP contribution >= 0.6 is 0 Å². The Kier molecular flexibility index (Phi) is 6.51. The van der Waals surface area contributed by atoms with Gasteiger partial charge in [-0.25, -0.2) is 4.79 Å². The van der Waals surface area contributed by atoms with Crippen LogP contribution in [0.2, 0.25) is 0 Å². The number of aliphatic hydroxyl groups excluding tert-OH is 1. The van der Waals surface area contributed by atoms with Gasteiger partial charge < -0.3 is 14.6 Å². The van der Waals surface area contributed by atoms with Crippen molar-refractivity contribution in [3.63, 3.8) is 0 Å². The van der Waals surface area contributed by atoms with Gasteiger partial charge in [0, 0.05) is 5.92 Å². The summed E-state index contributed by atoms with van der Waals surface area (Å²) in [5.74, 6) is -6.21. The molecule has 1 aliphatic rings. The average Bonchev–Trinajstić information content (AvgIpc) is 2.92. The van der Waals surface area contributed by atoms with Gasteiger partial charge in [-0.2, -0.15) is 10.5 Å². The molecule has 0 fully saturated rings. The van der Waals surface area contributed by atoms with Crippen molar-refractivity contribution in [3.05, 3.63) is 94.8 Å². The van der Waals surface area contributed by atoms with Crippen molar-refractivity contribution in [1.82, 2.24) is 0 Å². The Morgan fingerprint density at radius 3 is 2.17 bits per heavy atom. The Labute approximate surface area is 208 Å². The maximum absolute atomic E-state index is 13.2. The third-order valence-electron chi connectivity index (χ3n) is 6.94. The van der Waals surface area contributed by atoms with Crippen LogP contribution in [0.3, 0.4) is 0 Å². The molecule has 36 heavy (non-hydrogen) atoms. The summed E-state index contributed by atoms with van der Waals surface area (Å²) in [7, 11) is 2.29. The van der Waals surface area contributed by atoms with Gasteiger partial charge in [0.25, 0.3) is 0 Å². The van der Waals surface area contributed by atoms with E-state index >= 15 is 0 Å². The van der Waals surface area contributed by atoms with Gasteiger partial charge in [0.2, 0.25) is 0 Å². The zero-order valence-corrected chi connectivity index (χ0v) is 20.1. The van der Waals surface area contributed by atoms with E-state index in [1.54, 1.807) is 36.4 Å². The van der Waals surface area contributed by atoms with Crippen molar-refractivity contribution in [2.24, 2.45) is 11.3 Å². The maximum Gasteiger partial charge on any atom is 0.337 e. The molecule has 1 aliphatic carbocycles. The molecule has 0 amide bonds. The van der Waals surface area contributed by atoms with E-state index in [0.717, 1.165) is 25.2 Å². The second-order valence-electron chi connectivity index (χ2n) is 8.77. The molecule has 0 saturated heterocycles. The lowest BCUT2D eigenvalue weighted by Gasteiger charge is -2.44. The lowest BCUT2D eigenvalue weighted by atomic mass is 9.53. The van der Waals surface area contributed by atoms with Gasteiger partial charge >= 0.3 is 11.9 Å². The molecule has 7 heteroatoms. The number of nitriles is 2. The predicted molar refractivity (Wildman–Crippen MR) is 131 cm³/mol. The number of carbonyl (C=O) groups excluding carboxylic acids is 2. The van der Waals surface area contributed by atoms with Gasteiger partial charge in [0.15, 0.2) is 5.41 Å². The molecule has 0 aromatic heterocycles. The van der Waals surface area contributed by atoms with Gasteiger partial charge in [-0.05, 0) is 28.8 Å². The second-order valence-corrected chi connectivity index (χ2v) is 8.77. The molecule has 3 aromatic rings. The van der Waals surface area contributed by atoms with Crippen LogP contribution in [0.4, 0.5) is 0 Å². The van der Waals surface area contributed by atoms with E-state index < -0.39 is 40.9 Å². The largest absolute Gasteiger partial charge is 0.511 e. The number of fused-ring (bicyclic) bond motifs is 1. The van der Waals surface area contributed by atoms with Gasteiger partial charge in [-0.3, -0.25) is 4.79 Å². The monoisotopic (exact) mass is 480 g/mol. The van der Waals surface area contributed by atoms with Crippen LogP contribution in [0.5, 0.6) is 0 Å². The number of nitrogens with zero attached hydrogens (tertiary/aromatic N) is 2. The Balaban J connectivity index is 2.18. The summed E-state index contributed by atoms with van der Waals surface area (Å²) in [4.78, 5) is 26.2. The number of esters is 2. The number of benzene rings is 3. The molecule has 0 radical (unpaired) electrons. The van der Waals surface area contributed by atoms with Crippen molar-refractivity contribution in [2.45, 2.75) is 18.8 Å². The average molecular weight is 481 g/mol. The molecule has 180 valence electrons. The lowest BCUT2D eigenvalue weighted by molar-refractivity contribution is -0.147. The minimum absolute atomic E-state index is 0.310. The van der Waals surface area contributed by atoms with E-state index in [1.807, 2.05) is 37.3 Å². The smallest absolute Gasteiger partial charge is 0.337 e. The first-order valence-electron chi connectivity index (χ1n) is 11.3. The van der Waals surface area contributed by atoms with E-state index in [2.05, 4.69) is 12.1 Å². The first kappa shape index (κ1) is 24.5. The number of methoxy groups -OCH3 is 2. The molecule has 1 N–H and O–H groups in total. The highest BCUT2D eigenvalue weighted by atomic mass is 16.5. The zero-order valence-electron chi connectivity index (χ0n) is 20.1. The zero-order chi connectivity index (χ0) is 26.0. The van der Waals surface area contributed by atoms with Crippen LogP contribution in [-0.4, -0.2) is 31.3 Å². The first-order valence-corrected chi connectivity index (χ1v) is 11.3. The Morgan fingerprint density at radius 2 is 1.56 bits per heavy atom. The Bertz CT molecular complexity index is 1440. The number of hydrogen-bond donors (Lipinski definition) is 1. The molecule has 0 saturated carbocycles. The summed E-state index contributed by atoms with van der Waals surface area (Å²) >= 11 is 0. The van der Waals surface area contributed by atoms with Crippen molar-refractivity contribution in [2.75, 3.05) is 14.2 Å². The summed E-state index contributed by atoms with van der Waals surface area (Å²) < 4.78 is 9.98. The molecule has 0 bridgehead atoms. The van der Waals surface area contributed by atoms with Gasteiger partial charge in [0.05, 0.1) is 37.8 Å². The number of ether oxygens (including phenoxy) is 2. The summed E-state index contributed by atoms with van der Waals surface area (Å²) in [6.07, 6.45) is 0. The lowest BCUT2D eigenvalue weighted by Crippen LogP contribution is -2.47. The van der Waals surface area contributed by atoms with Crippen LogP contribution < -0.4 is 0 Å². The minimum atomic E-state index is -1.98. The molecule has 3 atom stereocenters. The third-order valence-corrected chi connectivity index (χ3v) is 6.94. The second kappa shape index (κ2) is 9.56. The van der Waals surface area contributed by atoms with Crippen LogP contribution in [0, 0.1) is 40.9 Å². The molecule has 7 nitrogen and oxygen atoms in total. The minimum Gasteiger partial charge on any atom is -0.511 e. The highest BCUT2D eigenvalue weighted by Crippen LogP contribution is 2.59. The van der Waals surface area contributed by atoms with E-state index in [0.29, 0.717) is 16.5 Å². The number of carbonyl (C=O) groups is 2. The molecular formula is C29H24N2O5. The normalized spacial score (nSPS) is 20.8. The molecular weight excluding hydrogens is 456 g/mol. The molecule has 0 unspecified atom stereocenters. The third kappa shape index (κ3) is 3.66. The van der Waals surface area contributed by atoms with Crippen molar-refractivity contribution >= 4 is 22.7 Å². The number of aliphatic hydroxyl groups is 1. The molecule has 4 rings (SSSR count). The number of aryl methyl sites for hydroxylation is 1. The Morgan fingerprint density at radius 1 is 0.917 bits per heavy atom. The topological polar surface area (TPSA) is 120 Å². The van der Waals surface area contributed by atoms with Crippen molar-refractivity contribution < 1.29 is 24.2 Å². The van der Waals surface area contributed by atoms with E-state index in [-0.39, 0.29) is 5.57 Å². The van der Waals surface area contributed by atoms with Crippen LogP contribution in [0.25, 0.3) is 10.8 Å². The fraction of sp³-hybridized carbons (Fsp3) is 0.241. The van der Waals surface area contributed by atoms with Gasteiger partial charge in [-0.1, -0.05) is 72.3 Å².